The summed E-state index contributed by atoms with van der Waals surface area (Å²) in [5, 5.41) is 7.24. The highest BCUT2D eigenvalue weighted by molar-refractivity contribution is 5.94. The summed E-state index contributed by atoms with van der Waals surface area (Å²) in [6, 6.07) is 8.01. The fourth-order valence-corrected chi connectivity index (χ4v) is 3.46. The van der Waals surface area contributed by atoms with E-state index in [1.165, 1.54) is 19.2 Å². The van der Waals surface area contributed by atoms with E-state index >= 15 is 0 Å². The largest absolute Gasteiger partial charge is 0.494 e. The van der Waals surface area contributed by atoms with Crippen LogP contribution in [0.1, 0.15) is 22.6 Å². The van der Waals surface area contributed by atoms with Crippen molar-refractivity contribution in [2.45, 2.75) is 12.8 Å². The van der Waals surface area contributed by atoms with Gasteiger partial charge in [0.15, 0.2) is 17.4 Å². The molecule has 2 aromatic heterocycles. The van der Waals surface area contributed by atoms with Gasteiger partial charge in [0.1, 0.15) is 5.82 Å². The number of amides is 1. The molecule has 1 aliphatic heterocycles. The molecular formula is C20H20FN5O2. The third kappa shape index (κ3) is 3.71. The summed E-state index contributed by atoms with van der Waals surface area (Å²) in [6.45, 7) is 1.25. The van der Waals surface area contributed by atoms with E-state index in [9.17, 15) is 9.18 Å². The Kier molecular flexibility index (Phi) is 5.01. The normalized spacial score (nSPS) is 16.4. The van der Waals surface area contributed by atoms with Gasteiger partial charge in [-0.3, -0.25) is 14.9 Å². The van der Waals surface area contributed by atoms with Crippen molar-refractivity contribution in [1.29, 1.82) is 0 Å². The lowest BCUT2D eigenvalue weighted by Crippen LogP contribution is -2.29. The molecule has 0 radical (unpaired) electrons. The van der Waals surface area contributed by atoms with Gasteiger partial charge in [-0.25, -0.2) is 9.37 Å². The van der Waals surface area contributed by atoms with Crippen LogP contribution in [-0.4, -0.2) is 51.2 Å². The molecule has 7 nitrogen and oxygen atoms in total. The van der Waals surface area contributed by atoms with Crippen molar-refractivity contribution >= 4 is 5.91 Å². The number of rotatable bonds is 5. The average molecular weight is 381 g/mol. The number of carbonyl (C=O) groups is 1. The molecule has 8 heteroatoms. The minimum absolute atomic E-state index is 0.131. The number of aromatic nitrogens is 4. The van der Waals surface area contributed by atoms with Crippen molar-refractivity contribution in [3.05, 3.63) is 59.9 Å². The first kappa shape index (κ1) is 18.1. The highest BCUT2D eigenvalue weighted by Crippen LogP contribution is 2.24. The van der Waals surface area contributed by atoms with E-state index in [1.54, 1.807) is 23.4 Å². The molecule has 1 aromatic carbocycles. The van der Waals surface area contributed by atoms with E-state index in [-0.39, 0.29) is 17.6 Å². The van der Waals surface area contributed by atoms with Gasteiger partial charge in [0.25, 0.3) is 5.91 Å². The van der Waals surface area contributed by atoms with E-state index < -0.39 is 5.82 Å². The van der Waals surface area contributed by atoms with E-state index in [4.69, 9.17) is 4.74 Å². The maximum absolute atomic E-state index is 13.9. The third-order valence-electron chi connectivity index (χ3n) is 4.92. The molecule has 1 saturated heterocycles. The SMILES string of the molecule is COc1ccc(C(=O)N2CCC(Cc3nc(-c4ccncc4)n[nH]3)C2)cc1F. The topological polar surface area (TPSA) is 84.0 Å². The Morgan fingerprint density at radius 3 is 2.89 bits per heavy atom. The predicted octanol–water partition coefficient (Wildman–Crippen LogP) is 2.72. The number of halogens is 1. The zero-order chi connectivity index (χ0) is 19.5. The summed E-state index contributed by atoms with van der Waals surface area (Å²) in [4.78, 5) is 23.0. The number of hydrogen-bond donors (Lipinski definition) is 1. The monoisotopic (exact) mass is 381 g/mol. The Morgan fingerprint density at radius 2 is 2.14 bits per heavy atom. The van der Waals surface area contributed by atoms with E-state index in [0.29, 0.717) is 30.9 Å². The quantitative estimate of drug-likeness (QED) is 0.735. The smallest absolute Gasteiger partial charge is 0.253 e. The molecule has 3 aromatic rings. The lowest BCUT2D eigenvalue weighted by molar-refractivity contribution is 0.0786. The fourth-order valence-electron chi connectivity index (χ4n) is 3.46. The average Bonchev–Trinajstić information content (AvgIpc) is 3.38. The maximum Gasteiger partial charge on any atom is 0.253 e. The number of nitrogens with zero attached hydrogens (tertiary/aromatic N) is 4. The van der Waals surface area contributed by atoms with Crippen molar-refractivity contribution in [2.75, 3.05) is 20.2 Å². The van der Waals surface area contributed by atoms with Crippen molar-refractivity contribution in [3.63, 3.8) is 0 Å². The van der Waals surface area contributed by atoms with Crippen molar-refractivity contribution < 1.29 is 13.9 Å². The summed E-state index contributed by atoms with van der Waals surface area (Å²) < 4.78 is 18.8. The van der Waals surface area contributed by atoms with Crippen LogP contribution in [0.2, 0.25) is 0 Å². The second-order valence-electron chi connectivity index (χ2n) is 6.80. The number of aromatic amines is 1. The first-order chi connectivity index (χ1) is 13.6. The van der Waals surface area contributed by atoms with Gasteiger partial charge in [0.05, 0.1) is 7.11 Å². The zero-order valence-electron chi connectivity index (χ0n) is 15.4. The molecular weight excluding hydrogens is 361 g/mol. The first-order valence-corrected chi connectivity index (χ1v) is 9.08. The number of pyridine rings is 1. The highest BCUT2D eigenvalue weighted by Gasteiger charge is 2.28. The number of benzene rings is 1. The first-order valence-electron chi connectivity index (χ1n) is 9.08. The standard InChI is InChI=1S/C20H20FN5O2/c1-28-17-3-2-15(11-16(17)21)20(27)26-9-6-13(12-26)10-18-23-19(25-24-18)14-4-7-22-8-5-14/h2-5,7-8,11,13H,6,9-10,12H2,1H3,(H,23,24,25). The molecule has 4 rings (SSSR count). The molecule has 28 heavy (non-hydrogen) atoms. The number of methoxy groups -OCH3 is 1. The Hall–Kier alpha value is -3.29. The van der Waals surface area contributed by atoms with Gasteiger partial charge in [-0.1, -0.05) is 0 Å². The van der Waals surface area contributed by atoms with Crippen LogP contribution in [-0.2, 0) is 6.42 Å². The van der Waals surface area contributed by atoms with E-state index in [2.05, 4.69) is 20.2 Å². The second kappa shape index (κ2) is 7.75. The lowest BCUT2D eigenvalue weighted by Gasteiger charge is -2.16. The molecule has 0 saturated carbocycles. The second-order valence-corrected chi connectivity index (χ2v) is 6.80. The Morgan fingerprint density at radius 1 is 1.32 bits per heavy atom. The zero-order valence-corrected chi connectivity index (χ0v) is 15.4. The molecule has 3 heterocycles. The molecule has 1 fully saturated rings. The van der Waals surface area contributed by atoms with Crippen molar-refractivity contribution in [2.24, 2.45) is 5.92 Å². The third-order valence-corrected chi connectivity index (χ3v) is 4.92. The minimum Gasteiger partial charge on any atom is -0.494 e. The van der Waals surface area contributed by atoms with Crippen LogP contribution >= 0.6 is 0 Å². The maximum atomic E-state index is 13.9. The van der Waals surface area contributed by atoms with Gasteiger partial charge >= 0.3 is 0 Å². The van der Waals surface area contributed by atoms with Crippen LogP contribution in [0.15, 0.2) is 42.7 Å². The summed E-state index contributed by atoms with van der Waals surface area (Å²) >= 11 is 0. The summed E-state index contributed by atoms with van der Waals surface area (Å²) in [6.07, 6.45) is 4.98. The lowest BCUT2D eigenvalue weighted by atomic mass is 10.0. The predicted molar refractivity (Wildman–Crippen MR) is 100 cm³/mol. The number of H-pyrrole nitrogens is 1. The number of nitrogens with one attached hydrogen (secondary N) is 1. The summed E-state index contributed by atoms with van der Waals surface area (Å²) in [5.41, 5.74) is 1.24. The molecule has 1 unspecified atom stereocenters. The molecule has 1 aliphatic rings. The number of carbonyl (C=O) groups excluding carboxylic acids is 1. The number of ether oxygens (including phenoxy) is 1. The van der Waals surface area contributed by atoms with Crippen molar-refractivity contribution in [3.8, 4) is 17.1 Å². The Balaban J connectivity index is 1.38. The Bertz CT molecular complexity index is 976. The number of likely N-dealkylation sites (tertiary alicyclic amines) is 1. The minimum atomic E-state index is -0.533. The van der Waals surface area contributed by atoms with Crippen molar-refractivity contribution in [1.82, 2.24) is 25.1 Å². The van der Waals surface area contributed by atoms with E-state index in [0.717, 1.165) is 17.8 Å². The number of hydrogen-bond acceptors (Lipinski definition) is 5. The van der Waals surface area contributed by atoms with Crippen LogP contribution in [0.5, 0.6) is 5.75 Å². The molecule has 1 amide bonds. The summed E-state index contributed by atoms with van der Waals surface area (Å²) in [7, 11) is 1.40. The van der Waals surface area contributed by atoms with Crippen LogP contribution in [0.3, 0.4) is 0 Å². The molecule has 144 valence electrons. The van der Waals surface area contributed by atoms with Gasteiger partial charge in [0.2, 0.25) is 0 Å². The van der Waals surface area contributed by atoms with Crippen LogP contribution < -0.4 is 4.74 Å². The van der Waals surface area contributed by atoms with Gasteiger partial charge in [-0.15, -0.1) is 0 Å². The van der Waals surface area contributed by atoms with Crippen LogP contribution in [0.4, 0.5) is 4.39 Å². The molecule has 1 N–H and O–H groups in total. The van der Waals surface area contributed by atoms with E-state index in [1.807, 2.05) is 12.1 Å². The van der Waals surface area contributed by atoms with Gasteiger partial charge in [-0.2, -0.15) is 5.10 Å². The van der Waals surface area contributed by atoms with Crippen LogP contribution in [0, 0.1) is 11.7 Å². The molecule has 0 spiro atoms. The molecule has 0 aliphatic carbocycles. The fraction of sp³-hybridized carbons (Fsp3) is 0.300. The Labute approximate surface area is 161 Å². The molecule has 1 atom stereocenters. The summed E-state index contributed by atoms with van der Waals surface area (Å²) in [5.74, 6) is 1.14. The van der Waals surface area contributed by atoms with Gasteiger partial charge in [-0.05, 0) is 42.7 Å². The van der Waals surface area contributed by atoms with Crippen LogP contribution in [0.25, 0.3) is 11.4 Å². The highest BCUT2D eigenvalue weighted by atomic mass is 19.1. The molecule has 0 bridgehead atoms. The van der Waals surface area contributed by atoms with Gasteiger partial charge in [0, 0.05) is 43.0 Å². The van der Waals surface area contributed by atoms with Gasteiger partial charge < -0.3 is 9.64 Å².